The van der Waals surface area contributed by atoms with Crippen LogP contribution in [0.4, 0.5) is 0 Å². The van der Waals surface area contributed by atoms with E-state index in [2.05, 4.69) is 18.7 Å². The molecule has 0 radical (unpaired) electrons. The molecular formula is C17H24N2O3. The minimum atomic E-state index is -0.232. The number of carbonyl (C=O) groups excluding carboxylic acids is 2. The zero-order valence-corrected chi connectivity index (χ0v) is 13.8. The maximum atomic E-state index is 12.3. The van der Waals surface area contributed by atoms with Gasteiger partial charge in [0.1, 0.15) is 12.4 Å². The first-order valence-corrected chi connectivity index (χ1v) is 7.86. The summed E-state index contributed by atoms with van der Waals surface area (Å²) in [5, 5.41) is 0. The number of ether oxygens (including phenoxy) is 1. The van der Waals surface area contributed by atoms with E-state index in [-0.39, 0.29) is 17.9 Å². The molecule has 0 saturated heterocycles. The Bertz CT molecular complexity index is 565. The number of rotatable bonds is 7. The van der Waals surface area contributed by atoms with Crippen LogP contribution in [-0.2, 0) is 0 Å². The van der Waals surface area contributed by atoms with Crippen molar-refractivity contribution in [2.45, 2.75) is 33.7 Å². The van der Waals surface area contributed by atoms with Gasteiger partial charge in [-0.15, -0.1) is 0 Å². The monoisotopic (exact) mass is 304 g/mol. The van der Waals surface area contributed by atoms with Crippen LogP contribution in [0.25, 0.3) is 0 Å². The summed E-state index contributed by atoms with van der Waals surface area (Å²) in [5.41, 5.74) is 0.911. The van der Waals surface area contributed by atoms with Gasteiger partial charge in [-0.05, 0) is 45.1 Å². The molecule has 1 aliphatic heterocycles. The lowest BCUT2D eigenvalue weighted by Crippen LogP contribution is -2.35. The van der Waals surface area contributed by atoms with Crippen LogP contribution in [-0.4, -0.2) is 53.9 Å². The first kappa shape index (κ1) is 16.5. The smallest absolute Gasteiger partial charge is 0.261 e. The summed E-state index contributed by atoms with van der Waals surface area (Å²) in [7, 11) is 0. The number of fused-ring (bicyclic) bond motifs is 1. The zero-order chi connectivity index (χ0) is 16.3. The number of carbonyl (C=O) groups is 2. The largest absolute Gasteiger partial charge is 0.492 e. The fourth-order valence-corrected chi connectivity index (χ4v) is 2.63. The Kier molecular flexibility index (Phi) is 5.19. The van der Waals surface area contributed by atoms with E-state index in [1.807, 2.05) is 13.8 Å². The van der Waals surface area contributed by atoms with Crippen molar-refractivity contribution in [2.75, 3.05) is 26.2 Å². The summed E-state index contributed by atoms with van der Waals surface area (Å²) in [4.78, 5) is 28.1. The van der Waals surface area contributed by atoms with Crippen molar-refractivity contribution < 1.29 is 14.3 Å². The molecule has 0 bridgehead atoms. The summed E-state index contributed by atoms with van der Waals surface area (Å²) in [6.07, 6.45) is 0. The van der Waals surface area contributed by atoms with Gasteiger partial charge in [0.15, 0.2) is 0 Å². The van der Waals surface area contributed by atoms with E-state index in [1.54, 1.807) is 18.2 Å². The molecule has 0 N–H and O–H groups in total. The van der Waals surface area contributed by atoms with Crippen LogP contribution >= 0.6 is 0 Å². The predicted molar refractivity (Wildman–Crippen MR) is 85.4 cm³/mol. The van der Waals surface area contributed by atoms with Crippen molar-refractivity contribution in [3.05, 3.63) is 29.3 Å². The van der Waals surface area contributed by atoms with Gasteiger partial charge in [-0.2, -0.15) is 0 Å². The highest BCUT2D eigenvalue weighted by Gasteiger charge is 2.37. The maximum Gasteiger partial charge on any atom is 0.261 e. The van der Waals surface area contributed by atoms with Crippen LogP contribution in [0, 0.1) is 0 Å². The molecule has 0 saturated carbocycles. The third-order valence-corrected chi connectivity index (χ3v) is 3.98. The number of benzene rings is 1. The minimum Gasteiger partial charge on any atom is -0.492 e. The number of likely N-dealkylation sites (N-methyl/N-ethyl adjacent to an activating group) is 1. The Morgan fingerprint density at radius 1 is 1.09 bits per heavy atom. The highest BCUT2D eigenvalue weighted by Crippen LogP contribution is 2.28. The molecule has 0 unspecified atom stereocenters. The second-order valence-corrected chi connectivity index (χ2v) is 5.66. The highest BCUT2D eigenvalue weighted by atomic mass is 16.5. The van der Waals surface area contributed by atoms with Gasteiger partial charge in [0, 0.05) is 12.6 Å². The average molecular weight is 304 g/mol. The number of nitrogens with zero attached hydrogens (tertiary/aromatic N) is 2. The predicted octanol–water partition coefficient (Wildman–Crippen LogP) is 2.41. The highest BCUT2D eigenvalue weighted by molar-refractivity contribution is 6.21. The normalized spacial score (nSPS) is 14.2. The SMILES string of the molecule is CCN(CC)CCOc1ccc2c(c1)C(=O)N(C(C)C)C2=O. The molecule has 0 aromatic heterocycles. The van der Waals surface area contributed by atoms with Crippen molar-refractivity contribution >= 4 is 11.8 Å². The Morgan fingerprint density at radius 2 is 1.73 bits per heavy atom. The molecule has 1 aromatic carbocycles. The quantitative estimate of drug-likeness (QED) is 0.726. The Labute approximate surface area is 131 Å². The molecule has 2 rings (SSSR count). The Morgan fingerprint density at radius 3 is 2.32 bits per heavy atom. The van der Waals surface area contributed by atoms with Gasteiger partial charge in [0.2, 0.25) is 0 Å². The lowest BCUT2D eigenvalue weighted by molar-refractivity contribution is 0.0609. The molecular weight excluding hydrogens is 280 g/mol. The van der Waals surface area contributed by atoms with E-state index >= 15 is 0 Å². The molecule has 0 atom stereocenters. The molecule has 5 nitrogen and oxygen atoms in total. The fraction of sp³-hybridized carbons (Fsp3) is 0.529. The summed E-state index contributed by atoms with van der Waals surface area (Å²) in [6, 6.07) is 4.99. The van der Waals surface area contributed by atoms with Crippen molar-refractivity contribution in [2.24, 2.45) is 0 Å². The fourth-order valence-electron chi connectivity index (χ4n) is 2.63. The molecule has 1 aliphatic rings. The molecule has 0 aliphatic carbocycles. The van der Waals surface area contributed by atoms with Crippen molar-refractivity contribution in [1.82, 2.24) is 9.80 Å². The van der Waals surface area contributed by atoms with Crippen LogP contribution < -0.4 is 4.74 Å². The van der Waals surface area contributed by atoms with Crippen molar-refractivity contribution in [3.8, 4) is 5.75 Å². The van der Waals surface area contributed by atoms with E-state index in [1.165, 1.54) is 4.90 Å². The number of amides is 2. The second kappa shape index (κ2) is 6.92. The van der Waals surface area contributed by atoms with E-state index in [0.717, 1.165) is 19.6 Å². The summed E-state index contributed by atoms with van der Waals surface area (Å²) < 4.78 is 5.72. The van der Waals surface area contributed by atoms with E-state index in [9.17, 15) is 9.59 Å². The number of imide groups is 1. The molecule has 5 heteroatoms. The van der Waals surface area contributed by atoms with Gasteiger partial charge in [-0.25, -0.2) is 0 Å². The lowest BCUT2D eigenvalue weighted by atomic mass is 10.1. The standard InChI is InChI=1S/C17H24N2O3/c1-5-18(6-2)9-10-22-13-7-8-14-15(11-13)17(21)19(12(3)4)16(14)20/h7-8,11-12H,5-6,9-10H2,1-4H3. The van der Waals surface area contributed by atoms with Crippen molar-refractivity contribution in [3.63, 3.8) is 0 Å². The van der Waals surface area contributed by atoms with Gasteiger partial charge in [0.25, 0.3) is 11.8 Å². The number of hydrogen-bond donors (Lipinski definition) is 0. The van der Waals surface area contributed by atoms with Gasteiger partial charge < -0.3 is 9.64 Å². The Balaban J connectivity index is 2.07. The molecule has 0 spiro atoms. The van der Waals surface area contributed by atoms with Crippen LogP contribution in [0.1, 0.15) is 48.4 Å². The van der Waals surface area contributed by atoms with Crippen LogP contribution in [0.3, 0.4) is 0 Å². The molecule has 120 valence electrons. The topological polar surface area (TPSA) is 49.9 Å². The average Bonchev–Trinajstić information content (AvgIpc) is 2.75. The van der Waals surface area contributed by atoms with Gasteiger partial charge in [-0.1, -0.05) is 13.8 Å². The number of hydrogen-bond acceptors (Lipinski definition) is 4. The zero-order valence-electron chi connectivity index (χ0n) is 13.8. The third kappa shape index (κ3) is 3.14. The lowest BCUT2D eigenvalue weighted by Gasteiger charge is -2.18. The first-order chi connectivity index (χ1) is 10.5. The molecule has 2 amide bonds. The summed E-state index contributed by atoms with van der Waals surface area (Å²) >= 11 is 0. The minimum absolute atomic E-state index is 0.139. The molecule has 1 heterocycles. The molecule has 0 fully saturated rings. The third-order valence-electron chi connectivity index (χ3n) is 3.98. The Hall–Kier alpha value is -1.88. The van der Waals surface area contributed by atoms with Gasteiger partial charge in [-0.3, -0.25) is 14.5 Å². The van der Waals surface area contributed by atoms with E-state index in [0.29, 0.717) is 23.5 Å². The maximum absolute atomic E-state index is 12.3. The van der Waals surface area contributed by atoms with Crippen LogP contribution in [0.5, 0.6) is 5.75 Å². The molecule has 22 heavy (non-hydrogen) atoms. The van der Waals surface area contributed by atoms with E-state index in [4.69, 9.17) is 4.74 Å². The van der Waals surface area contributed by atoms with Crippen LogP contribution in [0.2, 0.25) is 0 Å². The summed E-state index contributed by atoms with van der Waals surface area (Å²) in [5.74, 6) is 0.187. The van der Waals surface area contributed by atoms with Crippen LogP contribution in [0.15, 0.2) is 18.2 Å². The van der Waals surface area contributed by atoms with E-state index < -0.39 is 0 Å². The second-order valence-electron chi connectivity index (χ2n) is 5.66. The summed E-state index contributed by atoms with van der Waals surface area (Å²) in [6.45, 7) is 11.3. The van der Waals surface area contributed by atoms with Gasteiger partial charge >= 0.3 is 0 Å². The van der Waals surface area contributed by atoms with Crippen molar-refractivity contribution in [1.29, 1.82) is 0 Å². The molecule has 1 aromatic rings. The first-order valence-electron chi connectivity index (χ1n) is 7.86. The van der Waals surface area contributed by atoms with Gasteiger partial charge in [0.05, 0.1) is 11.1 Å².